The van der Waals surface area contributed by atoms with E-state index in [4.69, 9.17) is 18.9 Å². The van der Waals surface area contributed by atoms with Gasteiger partial charge in [-0.05, 0) is 62.3 Å². The number of rotatable bonds is 8. The first kappa shape index (κ1) is 35.1. The number of methoxy groups -OCH3 is 2. The van der Waals surface area contributed by atoms with Crippen LogP contribution < -0.4 is 24.8 Å². The summed E-state index contributed by atoms with van der Waals surface area (Å²) >= 11 is 0. The smallest absolute Gasteiger partial charge is 0.314 e. The van der Waals surface area contributed by atoms with Gasteiger partial charge in [0, 0.05) is 50.4 Å². The maximum absolute atomic E-state index is 13.6. The highest BCUT2D eigenvalue weighted by molar-refractivity contribution is 5.94. The second-order valence-corrected chi connectivity index (χ2v) is 11.5. The van der Waals surface area contributed by atoms with E-state index in [9.17, 15) is 19.2 Å². The van der Waals surface area contributed by atoms with E-state index < -0.39 is 5.41 Å². The van der Waals surface area contributed by atoms with Crippen LogP contribution in [0.15, 0.2) is 36.5 Å². The van der Waals surface area contributed by atoms with Gasteiger partial charge in [-0.2, -0.15) is 0 Å². The molecule has 2 N–H and O–H groups in total. The van der Waals surface area contributed by atoms with E-state index in [1.54, 1.807) is 36.1 Å². The molecule has 3 amide bonds. The van der Waals surface area contributed by atoms with Crippen LogP contribution in [0.1, 0.15) is 62.4 Å². The molecule has 12 heteroatoms. The van der Waals surface area contributed by atoms with Gasteiger partial charge in [-0.25, -0.2) is 4.98 Å². The van der Waals surface area contributed by atoms with Crippen LogP contribution in [-0.4, -0.2) is 87.2 Å². The first-order chi connectivity index (χ1) is 21.6. The van der Waals surface area contributed by atoms with Crippen LogP contribution in [0.25, 0.3) is 0 Å². The molecule has 0 spiro atoms. The number of benzene rings is 1. The van der Waals surface area contributed by atoms with E-state index in [0.717, 1.165) is 12.0 Å². The molecule has 0 saturated carbocycles. The lowest BCUT2D eigenvalue weighted by molar-refractivity contribution is -0.156. The zero-order valence-corrected chi connectivity index (χ0v) is 27.0. The number of esters is 1. The van der Waals surface area contributed by atoms with Crippen LogP contribution in [0.4, 0.5) is 0 Å². The van der Waals surface area contributed by atoms with E-state index in [1.807, 2.05) is 6.07 Å². The molecule has 1 aromatic heterocycles. The lowest BCUT2D eigenvalue weighted by Crippen LogP contribution is -2.46. The molecular formula is C33H46N4O8. The highest BCUT2D eigenvalue weighted by atomic mass is 16.5. The zero-order valence-electron chi connectivity index (χ0n) is 27.0. The van der Waals surface area contributed by atoms with Gasteiger partial charge in [-0.3, -0.25) is 19.2 Å². The van der Waals surface area contributed by atoms with Gasteiger partial charge in [0.25, 0.3) is 11.8 Å². The van der Waals surface area contributed by atoms with Crippen LogP contribution in [0.5, 0.6) is 17.4 Å². The number of fused-ring (bicyclic) bond motifs is 16. The van der Waals surface area contributed by atoms with E-state index in [0.29, 0.717) is 48.1 Å². The van der Waals surface area contributed by atoms with Crippen LogP contribution in [0, 0.1) is 11.3 Å². The number of carbonyl (C=O) groups is 4. The van der Waals surface area contributed by atoms with Gasteiger partial charge in [0.1, 0.15) is 0 Å². The molecule has 2 aromatic rings. The number of ether oxygens (including phenoxy) is 4. The number of hydrogen-bond acceptors (Lipinski definition) is 9. The Labute approximate surface area is 265 Å². The SMILES string of the molecule is CCOC(=O)C1(CCC(C)C)CNC(=O)CCCN(C(=O)c2ccnc(OC)c2)CCNC(=O)COc2ccc(cc2OC)C1. The molecule has 1 unspecified atom stereocenters. The molecule has 45 heavy (non-hydrogen) atoms. The largest absolute Gasteiger partial charge is 0.493 e. The Kier molecular flexibility index (Phi) is 13.4. The number of nitrogens with one attached hydrogen (secondary N) is 2. The summed E-state index contributed by atoms with van der Waals surface area (Å²) in [6.07, 6.45) is 3.54. The quantitative estimate of drug-likeness (QED) is 0.333. The van der Waals surface area contributed by atoms with E-state index in [1.165, 1.54) is 20.4 Å². The Morgan fingerprint density at radius 1 is 1.07 bits per heavy atom. The first-order valence-electron chi connectivity index (χ1n) is 15.4. The lowest BCUT2D eigenvalue weighted by Gasteiger charge is -2.33. The average Bonchev–Trinajstić information content (AvgIpc) is 3.04. The molecule has 1 aromatic carbocycles. The third-order valence-electron chi connectivity index (χ3n) is 7.68. The first-order valence-corrected chi connectivity index (χ1v) is 15.4. The molecule has 0 radical (unpaired) electrons. The second kappa shape index (κ2) is 17.2. The minimum absolute atomic E-state index is 0.0931. The summed E-state index contributed by atoms with van der Waals surface area (Å²) in [5, 5.41) is 5.77. The highest BCUT2D eigenvalue weighted by Gasteiger charge is 2.40. The van der Waals surface area contributed by atoms with E-state index >= 15 is 0 Å². The number of amides is 3. The summed E-state index contributed by atoms with van der Waals surface area (Å²) < 4.78 is 22.1. The minimum Gasteiger partial charge on any atom is -0.493 e. The Hall–Kier alpha value is -4.35. The third kappa shape index (κ3) is 10.4. The average molecular weight is 627 g/mol. The van der Waals surface area contributed by atoms with Crippen molar-refractivity contribution in [1.82, 2.24) is 20.5 Å². The van der Waals surface area contributed by atoms with Crippen molar-refractivity contribution in [3.63, 3.8) is 0 Å². The zero-order chi connectivity index (χ0) is 32.8. The minimum atomic E-state index is -1.02. The number of aromatic nitrogens is 1. The van der Waals surface area contributed by atoms with Gasteiger partial charge in [0.15, 0.2) is 18.1 Å². The van der Waals surface area contributed by atoms with Crippen LogP contribution in [0.2, 0.25) is 0 Å². The molecule has 4 rings (SSSR count). The molecular weight excluding hydrogens is 580 g/mol. The fourth-order valence-corrected chi connectivity index (χ4v) is 5.13. The topological polar surface area (TPSA) is 145 Å². The van der Waals surface area contributed by atoms with Crippen LogP contribution in [0.3, 0.4) is 0 Å². The Balaban J connectivity index is 1.92. The Bertz CT molecular complexity index is 1320. The third-order valence-corrected chi connectivity index (χ3v) is 7.68. The fourth-order valence-electron chi connectivity index (χ4n) is 5.13. The maximum Gasteiger partial charge on any atom is 0.314 e. The molecule has 3 heterocycles. The Morgan fingerprint density at radius 2 is 1.87 bits per heavy atom. The van der Waals surface area contributed by atoms with Crippen molar-refractivity contribution in [3.8, 4) is 17.4 Å². The van der Waals surface area contributed by atoms with E-state index in [-0.39, 0.29) is 69.5 Å². The van der Waals surface area contributed by atoms with Crippen molar-refractivity contribution in [2.45, 2.75) is 52.9 Å². The summed E-state index contributed by atoms with van der Waals surface area (Å²) in [7, 11) is 2.97. The molecule has 1 atom stereocenters. The summed E-state index contributed by atoms with van der Waals surface area (Å²) in [5.41, 5.74) is 0.155. The van der Waals surface area contributed by atoms with Gasteiger partial charge in [0.2, 0.25) is 11.8 Å². The summed E-state index contributed by atoms with van der Waals surface area (Å²) in [5.74, 6) is 0.135. The standard InChI is InChI=1S/C33H46N4O8/c1-6-44-32(41)33(13-11-23(2)3)20-24-9-10-26(27(18-24)42-4)45-21-29(39)34-15-17-37(16-7-8-28(38)36-22-33)31(40)25-12-14-35-30(19-25)43-5/h9-10,12,14,18-19,23H,6-8,11,13,15-17,20-22H2,1-5H3,(H,34,39)(H,36,38). The van der Waals surface area contributed by atoms with Gasteiger partial charge in [-0.15, -0.1) is 0 Å². The number of carbonyl (C=O) groups excluding carboxylic acids is 4. The molecule has 12 nitrogen and oxygen atoms in total. The predicted molar refractivity (Wildman–Crippen MR) is 167 cm³/mol. The van der Waals surface area contributed by atoms with Crippen molar-refractivity contribution < 1.29 is 38.1 Å². The Morgan fingerprint density at radius 3 is 2.58 bits per heavy atom. The highest BCUT2D eigenvalue weighted by Crippen LogP contribution is 2.35. The molecule has 0 fully saturated rings. The molecule has 246 valence electrons. The monoisotopic (exact) mass is 626 g/mol. The van der Waals surface area contributed by atoms with Crippen molar-refractivity contribution >= 4 is 23.7 Å². The van der Waals surface area contributed by atoms with Crippen LogP contribution in [-0.2, 0) is 25.5 Å². The number of pyridine rings is 1. The number of hydrogen-bond donors (Lipinski definition) is 2. The van der Waals surface area contributed by atoms with Crippen molar-refractivity contribution in [2.24, 2.45) is 11.3 Å². The normalized spacial score (nSPS) is 18.5. The summed E-state index contributed by atoms with van der Waals surface area (Å²) in [6.45, 7) is 6.62. The van der Waals surface area contributed by atoms with Crippen molar-refractivity contribution in [2.75, 3.05) is 53.6 Å². The molecule has 0 saturated heterocycles. The molecule has 2 aliphatic heterocycles. The number of nitrogens with zero attached hydrogens (tertiary/aromatic N) is 2. The molecule has 2 bridgehead atoms. The van der Waals surface area contributed by atoms with Crippen molar-refractivity contribution in [3.05, 3.63) is 47.7 Å². The van der Waals surface area contributed by atoms with Crippen molar-refractivity contribution in [1.29, 1.82) is 0 Å². The summed E-state index contributed by atoms with van der Waals surface area (Å²) in [6, 6.07) is 8.44. The fraction of sp³-hybridized carbons (Fsp3) is 0.545. The van der Waals surface area contributed by atoms with Gasteiger partial charge < -0.3 is 34.5 Å². The van der Waals surface area contributed by atoms with Crippen LogP contribution >= 0.6 is 0 Å². The molecule has 2 aliphatic rings. The summed E-state index contributed by atoms with van der Waals surface area (Å²) in [4.78, 5) is 58.4. The maximum atomic E-state index is 13.6. The van der Waals surface area contributed by atoms with Gasteiger partial charge >= 0.3 is 5.97 Å². The lowest BCUT2D eigenvalue weighted by atomic mass is 9.76. The van der Waals surface area contributed by atoms with Gasteiger partial charge in [0.05, 0.1) is 26.2 Å². The second-order valence-electron chi connectivity index (χ2n) is 11.5. The predicted octanol–water partition coefficient (Wildman–Crippen LogP) is 3.17. The molecule has 0 aliphatic carbocycles. The van der Waals surface area contributed by atoms with Gasteiger partial charge in [-0.1, -0.05) is 19.9 Å². The van der Waals surface area contributed by atoms with E-state index in [2.05, 4.69) is 29.5 Å².